The van der Waals surface area contributed by atoms with Crippen LogP contribution in [0.5, 0.6) is 23.0 Å². The number of benzene rings is 2. The van der Waals surface area contributed by atoms with Gasteiger partial charge in [0.15, 0.2) is 17.2 Å². The quantitative estimate of drug-likeness (QED) is 0.585. The Morgan fingerprint density at radius 1 is 1.14 bits per heavy atom. The number of aliphatic imine (C=N–C) groups is 1. The van der Waals surface area contributed by atoms with Gasteiger partial charge >= 0.3 is 5.97 Å². The standard InChI is InChI=1S/C21H19NO6/c1-3-25-16-7-5-4-6-14(16)20-22-15(21(23)28-20)10-13-11-17(24-2)19-18(12-13)26-8-9-27-19/h4-7,10-12H,3,8-9H2,1-2H3/b15-10+. The van der Waals surface area contributed by atoms with Crippen LogP contribution in [0.15, 0.2) is 47.1 Å². The second-order valence-corrected chi connectivity index (χ2v) is 6.01. The van der Waals surface area contributed by atoms with Crippen LogP contribution in [0.3, 0.4) is 0 Å². The summed E-state index contributed by atoms with van der Waals surface area (Å²) in [6, 6.07) is 10.8. The minimum absolute atomic E-state index is 0.181. The van der Waals surface area contributed by atoms with Gasteiger partial charge in [0, 0.05) is 0 Å². The Kier molecular flexibility index (Phi) is 4.89. The summed E-state index contributed by atoms with van der Waals surface area (Å²) in [5, 5.41) is 0. The third-order valence-corrected chi connectivity index (χ3v) is 4.19. The minimum atomic E-state index is -0.532. The molecule has 0 amide bonds. The highest BCUT2D eigenvalue weighted by Gasteiger charge is 2.27. The van der Waals surface area contributed by atoms with Gasteiger partial charge in [0.2, 0.25) is 11.6 Å². The first kappa shape index (κ1) is 17.9. The van der Waals surface area contributed by atoms with Crippen molar-refractivity contribution in [1.29, 1.82) is 0 Å². The van der Waals surface area contributed by atoms with Crippen LogP contribution in [0.4, 0.5) is 0 Å². The third-order valence-electron chi connectivity index (χ3n) is 4.19. The summed E-state index contributed by atoms with van der Waals surface area (Å²) in [7, 11) is 1.55. The van der Waals surface area contributed by atoms with Crippen LogP contribution in [0, 0.1) is 0 Å². The average Bonchev–Trinajstić information content (AvgIpc) is 3.08. The zero-order chi connectivity index (χ0) is 19.5. The van der Waals surface area contributed by atoms with E-state index >= 15 is 0 Å². The van der Waals surface area contributed by atoms with Crippen molar-refractivity contribution in [2.24, 2.45) is 4.99 Å². The molecule has 144 valence electrons. The van der Waals surface area contributed by atoms with E-state index in [9.17, 15) is 4.79 Å². The molecule has 0 saturated carbocycles. The van der Waals surface area contributed by atoms with Crippen molar-refractivity contribution in [3.05, 3.63) is 53.2 Å². The van der Waals surface area contributed by atoms with Crippen molar-refractivity contribution < 1.29 is 28.5 Å². The predicted octanol–water partition coefficient (Wildman–Crippen LogP) is 3.21. The summed E-state index contributed by atoms with van der Waals surface area (Å²) in [5.41, 5.74) is 1.50. The molecule has 0 saturated heterocycles. The van der Waals surface area contributed by atoms with Crippen molar-refractivity contribution in [1.82, 2.24) is 0 Å². The van der Waals surface area contributed by atoms with E-state index in [1.54, 1.807) is 31.4 Å². The summed E-state index contributed by atoms with van der Waals surface area (Å²) < 4.78 is 27.6. The Labute approximate surface area is 162 Å². The van der Waals surface area contributed by atoms with Crippen LogP contribution in [0.1, 0.15) is 18.1 Å². The zero-order valence-corrected chi connectivity index (χ0v) is 15.6. The number of carbonyl (C=O) groups excluding carboxylic acids is 1. The fraction of sp³-hybridized carbons (Fsp3) is 0.238. The molecule has 4 rings (SSSR count). The van der Waals surface area contributed by atoms with Gasteiger partial charge in [-0.05, 0) is 42.8 Å². The summed E-state index contributed by atoms with van der Waals surface area (Å²) in [4.78, 5) is 16.7. The van der Waals surface area contributed by atoms with Gasteiger partial charge in [-0.25, -0.2) is 9.79 Å². The summed E-state index contributed by atoms with van der Waals surface area (Å²) in [5.74, 6) is 1.94. The highest BCUT2D eigenvalue weighted by molar-refractivity contribution is 6.13. The van der Waals surface area contributed by atoms with E-state index < -0.39 is 5.97 Å². The van der Waals surface area contributed by atoms with Gasteiger partial charge in [0.25, 0.3) is 0 Å². The lowest BCUT2D eigenvalue weighted by Crippen LogP contribution is -2.16. The van der Waals surface area contributed by atoms with Crippen LogP contribution < -0.4 is 18.9 Å². The lowest BCUT2D eigenvalue weighted by atomic mass is 10.1. The van der Waals surface area contributed by atoms with Gasteiger partial charge in [0.05, 0.1) is 19.3 Å². The average molecular weight is 381 g/mol. The molecule has 0 aromatic heterocycles. The van der Waals surface area contributed by atoms with Crippen LogP contribution in [0.2, 0.25) is 0 Å². The molecular weight excluding hydrogens is 362 g/mol. The fourth-order valence-electron chi connectivity index (χ4n) is 2.98. The number of methoxy groups -OCH3 is 1. The Bertz CT molecular complexity index is 962. The van der Waals surface area contributed by atoms with Gasteiger partial charge < -0.3 is 23.7 Å². The molecule has 0 bridgehead atoms. The number of hydrogen-bond donors (Lipinski definition) is 0. The second-order valence-electron chi connectivity index (χ2n) is 6.01. The number of cyclic esters (lactones) is 1. The van der Waals surface area contributed by atoms with E-state index in [0.29, 0.717) is 53.9 Å². The Morgan fingerprint density at radius 2 is 1.96 bits per heavy atom. The number of hydrogen-bond acceptors (Lipinski definition) is 7. The van der Waals surface area contributed by atoms with E-state index in [2.05, 4.69) is 4.99 Å². The summed E-state index contributed by atoms with van der Waals surface area (Å²) >= 11 is 0. The molecule has 2 aromatic rings. The van der Waals surface area contributed by atoms with Crippen molar-refractivity contribution in [3.63, 3.8) is 0 Å². The van der Waals surface area contributed by atoms with Gasteiger partial charge in [-0.1, -0.05) is 12.1 Å². The first-order chi connectivity index (χ1) is 13.7. The highest BCUT2D eigenvalue weighted by Crippen LogP contribution is 2.41. The smallest absolute Gasteiger partial charge is 0.363 e. The molecule has 2 heterocycles. The molecule has 28 heavy (non-hydrogen) atoms. The number of ether oxygens (including phenoxy) is 5. The maximum atomic E-state index is 12.3. The normalized spacial score (nSPS) is 16.6. The van der Waals surface area contributed by atoms with Gasteiger partial charge in [0.1, 0.15) is 19.0 Å². The second kappa shape index (κ2) is 7.64. The largest absolute Gasteiger partial charge is 0.493 e. The molecule has 7 heteroatoms. The molecule has 0 fully saturated rings. The Hall–Kier alpha value is -3.48. The molecule has 0 spiro atoms. The number of para-hydroxylation sites is 1. The predicted molar refractivity (Wildman–Crippen MR) is 102 cm³/mol. The van der Waals surface area contributed by atoms with E-state index in [-0.39, 0.29) is 11.6 Å². The minimum Gasteiger partial charge on any atom is -0.493 e. The van der Waals surface area contributed by atoms with Crippen molar-refractivity contribution in [2.75, 3.05) is 26.9 Å². The summed E-state index contributed by atoms with van der Waals surface area (Å²) in [6.07, 6.45) is 1.62. The molecule has 7 nitrogen and oxygen atoms in total. The van der Waals surface area contributed by atoms with Crippen LogP contribution in [0.25, 0.3) is 6.08 Å². The van der Waals surface area contributed by atoms with Crippen molar-refractivity contribution in [3.8, 4) is 23.0 Å². The van der Waals surface area contributed by atoms with Crippen LogP contribution in [-0.2, 0) is 9.53 Å². The number of carbonyl (C=O) groups is 1. The van der Waals surface area contributed by atoms with Gasteiger partial charge in [-0.3, -0.25) is 0 Å². The first-order valence-corrected chi connectivity index (χ1v) is 8.92. The molecule has 2 aliphatic heterocycles. The molecule has 0 unspecified atom stereocenters. The number of esters is 1. The molecule has 0 radical (unpaired) electrons. The fourth-order valence-corrected chi connectivity index (χ4v) is 2.98. The van der Waals surface area contributed by atoms with Crippen molar-refractivity contribution in [2.45, 2.75) is 6.92 Å². The molecule has 0 atom stereocenters. The van der Waals surface area contributed by atoms with E-state index in [4.69, 9.17) is 23.7 Å². The molecule has 2 aromatic carbocycles. The summed E-state index contributed by atoms with van der Waals surface area (Å²) in [6.45, 7) is 3.30. The lowest BCUT2D eigenvalue weighted by molar-refractivity contribution is -0.129. The maximum absolute atomic E-state index is 12.3. The first-order valence-electron chi connectivity index (χ1n) is 8.92. The maximum Gasteiger partial charge on any atom is 0.363 e. The highest BCUT2D eigenvalue weighted by atomic mass is 16.6. The SMILES string of the molecule is CCOc1ccccc1C1=N/C(=C/c2cc(OC)c3c(c2)OCCO3)C(=O)O1. The van der Waals surface area contributed by atoms with E-state index in [1.165, 1.54) is 0 Å². The number of nitrogens with zero attached hydrogens (tertiary/aromatic N) is 1. The van der Waals surface area contributed by atoms with Crippen molar-refractivity contribution >= 4 is 17.9 Å². The third kappa shape index (κ3) is 3.38. The number of fused-ring (bicyclic) bond motifs is 1. The van der Waals surface area contributed by atoms with Crippen LogP contribution in [-0.4, -0.2) is 38.8 Å². The molecular formula is C21H19NO6. The van der Waals surface area contributed by atoms with E-state index in [1.807, 2.05) is 25.1 Å². The molecule has 0 aliphatic carbocycles. The Balaban J connectivity index is 1.70. The lowest BCUT2D eigenvalue weighted by Gasteiger charge is -2.20. The monoisotopic (exact) mass is 381 g/mol. The van der Waals surface area contributed by atoms with Gasteiger partial charge in [-0.15, -0.1) is 0 Å². The Morgan fingerprint density at radius 3 is 2.79 bits per heavy atom. The molecule has 2 aliphatic rings. The van der Waals surface area contributed by atoms with Crippen LogP contribution >= 0.6 is 0 Å². The number of rotatable bonds is 5. The molecule has 0 N–H and O–H groups in total. The zero-order valence-electron chi connectivity index (χ0n) is 15.6. The topological polar surface area (TPSA) is 75.6 Å². The van der Waals surface area contributed by atoms with Gasteiger partial charge in [-0.2, -0.15) is 0 Å². The van der Waals surface area contributed by atoms with E-state index in [0.717, 1.165) is 0 Å².